The molecule has 0 saturated carbocycles. The Balaban J connectivity index is 2.28. The summed E-state index contributed by atoms with van der Waals surface area (Å²) in [4.78, 5) is 23.8. The van der Waals surface area contributed by atoms with Gasteiger partial charge in [-0.2, -0.15) is 0 Å². The minimum atomic E-state index is -0.963. The van der Waals surface area contributed by atoms with E-state index in [1.54, 1.807) is 13.0 Å². The highest BCUT2D eigenvalue weighted by molar-refractivity contribution is 5.95. The van der Waals surface area contributed by atoms with E-state index in [9.17, 15) is 14.7 Å². The molecule has 0 aliphatic rings. The molecule has 5 nitrogen and oxygen atoms in total. The number of benzene rings is 1. The van der Waals surface area contributed by atoms with E-state index in [2.05, 4.69) is 5.32 Å². The molecule has 0 fully saturated rings. The molecule has 1 aromatic carbocycles. The number of nitrogens with one attached hydrogen (secondary N) is 1. The number of furan rings is 1. The molecule has 2 aromatic rings. The number of hydrogen-bond acceptors (Lipinski definition) is 3. The molecule has 24 heavy (non-hydrogen) atoms. The number of aliphatic carboxylic acids is 1. The molecular weight excluding hydrogens is 306 g/mol. The average molecular weight is 329 g/mol. The lowest BCUT2D eigenvalue weighted by Crippen LogP contribution is -2.30. The Hall–Kier alpha value is -2.56. The number of carboxylic acid groups (broad SMARTS) is 1. The molecule has 1 unspecified atom stereocenters. The van der Waals surface area contributed by atoms with Crippen LogP contribution in [0.3, 0.4) is 0 Å². The molecule has 2 rings (SSSR count). The standard InChI is InChI=1S/C19H23NO4/c1-11(2)17-9-15(13(4)24-17)19(23)20-16(10-18(21)22)14-8-6-5-7-12(14)3/h5-9,11,16H,10H2,1-4H3,(H,20,23)(H,21,22). The van der Waals surface area contributed by atoms with Gasteiger partial charge in [0.25, 0.3) is 5.91 Å². The van der Waals surface area contributed by atoms with Crippen molar-refractivity contribution in [3.05, 3.63) is 58.5 Å². The normalized spacial score (nSPS) is 12.2. The maximum absolute atomic E-state index is 12.6. The fraction of sp³-hybridized carbons (Fsp3) is 0.368. The van der Waals surface area contributed by atoms with Gasteiger partial charge in [0.2, 0.25) is 0 Å². The third-order valence-corrected chi connectivity index (χ3v) is 4.00. The average Bonchev–Trinajstić information content (AvgIpc) is 2.89. The molecule has 1 atom stereocenters. The fourth-order valence-corrected chi connectivity index (χ4v) is 2.64. The summed E-state index contributed by atoms with van der Waals surface area (Å²) in [6, 6.07) is 8.59. The van der Waals surface area contributed by atoms with E-state index < -0.39 is 12.0 Å². The largest absolute Gasteiger partial charge is 0.481 e. The summed E-state index contributed by atoms with van der Waals surface area (Å²) in [5.41, 5.74) is 2.19. The molecule has 5 heteroatoms. The first kappa shape index (κ1) is 17.8. The first-order valence-corrected chi connectivity index (χ1v) is 7.98. The van der Waals surface area contributed by atoms with Gasteiger partial charge in [0.1, 0.15) is 11.5 Å². The molecule has 0 spiro atoms. The van der Waals surface area contributed by atoms with Crippen molar-refractivity contribution in [1.29, 1.82) is 0 Å². The monoisotopic (exact) mass is 329 g/mol. The van der Waals surface area contributed by atoms with Crippen LogP contribution in [0.1, 0.15) is 65.2 Å². The zero-order valence-electron chi connectivity index (χ0n) is 14.4. The van der Waals surface area contributed by atoms with Crippen LogP contribution in [0.2, 0.25) is 0 Å². The molecule has 0 radical (unpaired) electrons. The molecule has 0 aliphatic heterocycles. The van der Waals surface area contributed by atoms with Crippen LogP contribution in [0.15, 0.2) is 34.7 Å². The van der Waals surface area contributed by atoms with Crippen molar-refractivity contribution in [2.45, 2.75) is 46.1 Å². The summed E-state index contributed by atoms with van der Waals surface area (Å²) in [5, 5.41) is 12.0. The molecule has 128 valence electrons. The van der Waals surface area contributed by atoms with Crippen molar-refractivity contribution in [1.82, 2.24) is 5.32 Å². The van der Waals surface area contributed by atoms with E-state index in [0.29, 0.717) is 11.3 Å². The van der Waals surface area contributed by atoms with Crippen LogP contribution in [-0.4, -0.2) is 17.0 Å². The second kappa shape index (κ2) is 7.34. The summed E-state index contributed by atoms with van der Waals surface area (Å²) in [6.45, 7) is 7.61. The SMILES string of the molecule is Cc1ccccc1C(CC(=O)O)NC(=O)c1cc(C(C)C)oc1C. The van der Waals surface area contributed by atoms with Gasteiger partial charge in [-0.15, -0.1) is 0 Å². The van der Waals surface area contributed by atoms with Crippen LogP contribution < -0.4 is 5.32 Å². The second-order valence-corrected chi connectivity index (χ2v) is 6.25. The van der Waals surface area contributed by atoms with Gasteiger partial charge < -0.3 is 14.8 Å². The smallest absolute Gasteiger partial charge is 0.305 e. The predicted octanol–water partition coefficient (Wildman–Crippen LogP) is 3.97. The van der Waals surface area contributed by atoms with Gasteiger partial charge in [-0.3, -0.25) is 9.59 Å². The van der Waals surface area contributed by atoms with Crippen LogP contribution in [0.5, 0.6) is 0 Å². The minimum Gasteiger partial charge on any atom is -0.481 e. The molecule has 1 heterocycles. The highest BCUT2D eigenvalue weighted by Crippen LogP contribution is 2.24. The summed E-state index contributed by atoms with van der Waals surface area (Å²) >= 11 is 0. The van der Waals surface area contributed by atoms with Gasteiger partial charge in [0.15, 0.2) is 0 Å². The fourth-order valence-electron chi connectivity index (χ4n) is 2.64. The Morgan fingerprint density at radius 2 is 1.88 bits per heavy atom. The number of amides is 1. The molecule has 1 aromatic heterocycles. The van der Waals surface area contributed by atoms with E-state index in [4.69, 9.17) is 4.42 Å². The Morgan fingerprint density at radius 3 is 2.42 bits per heavy atom. The highest BCUT2D eigenvalue weighted by Gasteiger charge is 2.23. The molecule has 2 N–H and O–H groups in total. The van der Waals surface area contributed by atoms with Gasteiger partial charge in [0, 0.05) is 5.92 Å². The van der Waals surface area contributed by atoms with Gasteiger partial charge in [-0.1, -0.05) is 38.1 Å². The van der Waals surface area contributed by atoms with Crippen molar-refractivity contribution in [3.63, 3.8) is 0 Å². The lowest BCUT2D eigenvalue weighted by atomic mass is 9.98. The minimum absolute atomic E-state index is 0.176. The van der Waals surface area contributed by atoms with E-state index in [0.717, 1.165) is 16.9 Å². The maximum Gasteiger partial charge on any atom is 0.305 e. The lowest BCUT2D eigenvalue weighted by molar-refractivity contribution is -0.137. The summed E-state index contributed by atoms with van der Waals surface area (Å²) in [7, 11) is 0. The zero-order valence-corrected chi connectivity index (χ0v) is 14.4. The van der Waals surface area contributed by atoms with Crippen molar-refractivity contribution in [2.75, 3.05) is 0 Å². The van der Waals surface area contributed by atoms with Gasteiger partial charge in [-0.25, -0.2) is 0 Å². The van der Waals surface area contributed by atoms with Crippen LogP contribution in [0.25, 0.3) is 0 Å². The van der Waals surface area contributed by atoms with Crippen LogP contribution in [-0.2, 0) is 4.79 Å². The van der Waals surface area contributed by atoms with E-state index in [-0.39, 0.29) is 18.2 Å². The first-order chi connectivity index (χ1) is 11.3. The molecule has 0 saturated heterocycles. The van der Waals surface area contributed by atoms with Gasteiger partial charge in [0.05, 0.1) is 18.0 Å². The highest BCUT2D eigenvalue weighted by atomic mass is 16.4. The summed E-state index contributed by atoms with van der Waals surface area (Å²) in [6.07, 6.45) is -0.176. The van der Waals surface area contributed by atoms with E-state index >= 15 is 0 Å². The number of hydrogen-bond donors (Lipinski definition) is 2. The van der Waals surface area contributed by atoms with Crippen molar-refractivity contribution >= 4 is 11.9 Å². The van der Waals surface area contributed by atoms with E-state index in [1.807, 2.05) is 45.0 Å². The zero-order chi connectivity index (χ0) is 17.9. The Bertz CT molecular complexity index is 746. The third-order valence-electron chi connectivity index (χ3n) is 4.00. The topological polar surface area (TPSA) is 79.5 Å². The second-order valence-electron chi connectivity index (χ2n) is 6.25. The van der Waals surface area contributed by atoms with Crippen LogP contribution >= 0.6 is 0 Å². The number of carbonyl (C=O) groups excluding carboxylic acids is 1. The van der Waals surface area contributed by atoms with Crippen molar-refractivity contribution in [2.24, 2.45) is 0 Å². The maximum atomic E-state index is 12.6. The number of carbonyl (C=O) groups is 2. The number of aryl methyl sites for hydroxylation is 2. The van der Waals surface area contributed by atoms with Gasteiger partial charge >= 0.3 is 5.97 Å². The number of rotatable bonds is 6. The lowest BCUT2D eigenvalue weighted by Gasteiger charge is -2.19. The third kappa shape index (κ3) is 4.04. The Morgan fingerprint density at radius 1 is 1.21 bits per heavy atom. The molecule has 0 bridgehead atoms. The molecule has 1 amide bonds. The van der Waals surface area contributed by atoms with Crippen molar-refractivity contribution in [3.8, 4) is 0 Å². The summed E-state index contributed by atoms with van der Waals surface area (Å²) in [5.74, 6) is 0.169. The van der Waals surface area contributed by atoms with Gasteiger partial charge in [-0.05, 0) is 31.0 Å². The van der Waals surface area contributed by atoms with Crippen LogP contribution in [0, 0.1) is 13.8 Å². The quantitative estimate of drug-likeness (QED) is 0.840. The molecule has 0 aliphatic carbocycles. The Kier molecular flexibility index (Phi) is 5.44. The predicted molar refractivity (Wildman–Crippen MR) is 91.2 cm³/mol. The summed E-state index contributed by atoms with van der Waals surface area (Å²) < 4.78 is 5.61. The van der Waals surface area contributed by atoms with Crippen LogP contribution in [0.4, 0.5) is 0 Å². The first-order valence-electron chi connectivity index (χ1n) is 7.98. The Labute approximate surface area is 141 Å². The molecular formula is C19H23NO4. The van der Waals surface area contributed by atoms with Crippen molar-refractivity contribution < 1.29 is 19.1 Å². The number of carboxylic acids is 1. The van der Waals surface area contributed by atoms with E-state index in [1.165, 1.54) is 0 Å².